The second kappa shape index (κ2) is 6.75. The summed E-state index contributed by atoms with van der Waals surface area (Å²) in [6.07, 6.45) is 3.61. The van der Waals surface area contributed by atoms with E-state index in [1.807, 2.05) is 54.6 Å². The summed E-state index contributed by atoms with van der Waals surface area (Å²) in [5.41, 5.74) is 1.11. The van der Waals surface area contributed by atoms with Crippen LogP contribution in [-0.4, -0.2) is 23.7 Å². The maximum atomic E-state index is 5.87. The molecular formula is C15H18N2O2. The van der Waals surface area contributed by atoms with E-state index < -0.39 is 0 Å². The molecule has 1 heterocycles. The molecule has 2 aromatic rings. The molecule has 0 fully saturated rings. The van der Waals surface area contributed by atoms with E-state index >= 15 is 0 Å². The summed E-state index contributed by atoms with van der Waals surface area (Å²) in [5, 5.41) is 1.87. The van der Waals surface area contributed by atoms with Gasteiger partial charge in [0.1, 0.15) is 0 Å². The number of aromatic nitrogens is 1. The molecule has 0 spiro atoms. The molecule has 0 radical (unpaired) electrons. The molecule has 0 atom stereocenters. The number of methoxy groups -OCH3 is 1. The van der Waals surface area contributed by atoms with E-state index in [4.69, 9.17) is 9.57 Å². The zero-order valence-electron chi connectivity index (χ0n) is 11.2. The summed E-state index contributed by atoms with van der Waals surface area (Å²) < 4.78 is 5.28. The van der Waals surface area contributed by atoms with Gasteiger partial charge in [0.05, 0.1) is 13.7 Å². The summed E-state index contributed by atoms with van der Waals surface area (Å²) in [4.78, 5) is 9.98. The molecule has 2 rings (SSSR count). The molecule has 4 heteroatoms. The highest BCUT2D eigenvalue weighted by molar-refractivity contribution is 5.39. The Labute approximate surface area is 113 Å². The Morgan fingerprint density at radius 2 is 1.89 bits per heavy atom. The molecule has 0 N–H and O–H groups in total. The van der Waals surface area contributed by atoms with Crippen molar-refractivity contribution in [2.45, 2.75) is 13.5 Å². The summed E-state index contributed by atoms with van der Waals surface area (Å²) in [7, 11) is 1.64. The average molecular weight is 258 g/mol. The van der Waals surface area contributed by atoms with Gasteiger partial charge < -0.3 is 9.57 Å². The highest BCUT2D eigenvalue weighted by atomic mass is 16.7. The van der Waals surface area contributed by atoms with Crippen molar-refractivity contribution in [3.05, 3.63) is 54.4 Å². The number of benzene rings is 1. The van der Waals surface area contributed by atoms with Crippen molar-refractivity contribution in [2.75, 3.05) is 13.7 Å². The predicted molar refractivity (Wildman–Crippen MR) is 73.9 cm³/mol. The molecule has 4 nitrogen and oxygen atoms in total. The van der Waals surface area contributed by atoms with Gasteiger partial charge in [-0.3, -0.25) is 4.98 Å². The van der Waals surface area contributed by atoms with Crippen LogP contribution < -0.4 is 9.57 Å². The van der Waals surface area contributed by atoms with Crippen LogP contribution >= 0.6 is 0 Å². The van der Waals surface area contributed by atoms with Gasteiger partial charge in [-0.2, -0.15) is 0 Å². The van der Waals surface area contributed by atoms with Gasteiger partial charge in [0.15, 0.2) is 11.5 Å². The topological polar surface area (TPSA) is 34.6 Å². The first kappa shape index (κ1) is 13.4. The Kier molecular flexibility index (Phi) is 4.75. The van der Waals surface area contributed by atoms with Gasteiger partial charge in [0, 0.05) is 18.9 Å². The lowest BCUT2D eigenvalue weighted by Gasteiger charge is -2.21. The lowest BCUT2D eigenvalue weighted by molar-refractivity contribution is -0.0640. The SMILES string of the molecule is CCN(Cc1cccnc1)Oc1ccccc1OC. The zero-order chi connectivity index (χ0) is 13.5. The Morgan fingerprint density at radius 1 is 1.11 bits per heavy atom. The van der Waals surface area contributed by atoms with Gasteiger partial charge in [-0.1, -0.05) is 18.2 Å². The van der Waals surface area contributed by atoms with Crippen LogP contribution in [0, 0.1) is 0 Å². The quantitative estimate of drug-likeness (QED) is 0.746. The van der Waals surface area contributed by atoms with Crippen LogP contribution in [0.4, 0.5) is 0 Å². The van der Waals surface area contributed by atoms with Crippen LogP contribution in [-0.2, 0) is 6.54 Å². The zero-order valence-corrected chi connectivity index (χ0v) is 11.2. The number of hydroxylamine groups is 2. The van der Waals surface area contributed by atoms with Gasteiger partial charge in [-0.15, -0.1) is 5.06 Å². The van der Waals surface area contributed by atoms with Crippen molar-refractivity contribution in [1.82, 2.24) is 10.0 Å². The van der Waals surface area contributed by atoms with E-state index in [9.17, 15) is 0 Å². The van der Waals surface area contributed by atoms with Gasteiger partial charge in [0.2, 0.25) is 0 Å². The molecule has 1 aromatic heterocycles. The highest BCUT2D eigenvalue weighted by Crippen LogP contribution is 2.26. The first-order chi connectivity index (χ1) is 9.33. The molecule has 19 heavy (non-hydrogen) atoms. The first-order valence-corrected chi connectivity index (χ1v) is 6.28. The van der Waals surface area contributed by atoms with Crippen molar-refractivity contribution in [2.24, 2.45) is 0 Å². The van der Waals surface area contributed by atoms with Gasteiger partial charge >= 0.3 is 0 Å². The number of hydrogen-bond donors (Lipinski definition) is 0. The van der Waals surface area contributed by atoms with Crippen molar-refractivity contribution >= 4 is 0 Å². The standard InChI is InChI=1S/C15H18N2O2/c1-3-17(12-13-7-6-10-16-11-13)19-15-9-5-4-8-14(15)18-2/h4-11H,3,12H2,1-2H3. The van der Waals surface area contributed by atoms with E-state index in [0.717, 1.165) is 23.6 Å². The molecule has 1 aromatic carbocycles. The summed E-state index contributed by atoms with van der Waals surface area (Å²) >= 11 is 0. The average Bonchev–Trinajstić information content (AvgIpc) is 2.48. The predicted octanol–water partition coefficient (Wildman–Crippen LogP) is 2.91. The number of rotatable bonds is 6. The van der Waals surface area contributed by atoms with E-state index in [1.165, 1.54) is 0 Å². The largest absolute Gasteiger partial charge is 0.493 e. The van der Waals surface area contributed by atoms with E-state index in [0.29, 0.717) is 6.54 Å². The molecule has 0 aliphatic rings. The van der Waals surface area contributed by atoms with Crippen molar-refractivity contribution < 1.29 is 9.57 Å². The molecule has 0 aliphatic carbocycles. The van der Waals surface area contributed by atoms with Crippen molar-refractivity contribution in [3.63, 3.8) is 0 Å². The van der Waals surface area contributed by atoms with Crippen LogP contribution in [0.1, 0.15) is 12.5 Å². The third-order valence-electron chi connectivity index (χ3n) is 2.73. The first-order valence-electron chi connectivity index (χ1n) is 6.28. The third kappa shape index (κ3) is 3.69. The Balaban J connectivity index is 2.07. The van der Waals surface area contributed by atoms with Gasteiger partial charge in [0.25, 0.3) is 0 Å². The number of nitrogens with zero attached hydrogens (tertiary/aromatic N) is 2. The Bertz CT molecular complexity index is 503. The second-order valence-electron chi connectivity index (χ2n) is 4.06. The second-order valence-corrected chi connectivity index (χ2v) is 4.06. The Morgan fingerprint density at radius 3 is 2.53 bits per heavy atom. The number of pyridine rings is 1. The highest BCUT2D eigenvalue weighted by Gasteiger charge is 2.09. The number of ether oxygens (including phenoxy) is 1. The molecule has 0 bridgehead atoms. The van der Waals surface area contributed by atoms with Crippen LogP contribution in [0.2, 0.25) is 0 Å². The number of para-hydroxylation sites is 2. The van der Waals surface area contributed by atoms with Crippen LogP contribution in [0.3, 0.4) is 0 Å². The summed E-state index contributed by atoms with van der Waals surface area (Å²) in [5.74, 6) is 1.45. The molecular weight excluding hydrogens is 240 g/mol. The molecule has 0 amide bonds. The summed E-state index contributed by atoms with van der Waals surface area (Å²) in [6.45, 7) is 3.50. The molecule has 0 aliphatic heterocycles. The normalized spacial score (nSPS) is 10.5. The lowest BCUT2D eigenvalue weighted by atomic mass is 10.3. The minimum absolute atomic E-state index is 0.683. The lowest BCUT2D eigenvalue weighted by Crippen LogP contribution is -2.26. The fourth-order valence-electron chi connectivity index (χ4n) is 1.74. The fourth-order valence-corrected chi connectivity index (χ4v) is 1.74. The van der Waals surface area contributed by atoms with E-state index in [1.54, 1.807) is 13.3 Å². The van der Waals surface area contributed by atoms with Crippen LogP contribution in [0.15, 0.2) is 48.8 Å². The van der Waals surface area contributed by atoms with Gasteiger partial charge in [-0.25, -0.2) is 0 Å². The molecule has 0 saturated carbocycles. The fraction of sp³-hybridized carbons (Fsp3) is 0.267. The van der Waals surface area contributed by atoms with E-state index in [2.05, 4.69) is 4.98 Å². The maximum Gasteiger partial charge on any atom is 0.189 e. The smallest absolute Gasteiger partial charge is 0.189 e. The Hall–Kier alpha value is -2.07. The van der Waals surface area contributed by atoms with Crippen LogP contribution in [0.25, 0.3) is 0 Å². The molecule has 100 valence electrons. The van der Waals surface area contributed by atoms with E-state index in [-0.39, 0.29) is 0 Å². The van der Waals surface area contributed by atoms with Gasteiger partial charge in [-0.05, 0) is 30.7 Å². The van der Waals surface area contributed by atoms with Crippen molar-refractivity contribution in [1.29, 1.82) is 0 Å². The molecule has 0 unspecified atom stereocenters. The monoisotopic (exact) mass is 258 g/mol. The molecule has 0 saturated heterocycles. The van der Waals surface area contributed by atoms with Crippen LogP contribution in [0.5, 0.6) is 11.5 Å². The third-order valence-corrected chi connectivity index (χ3v) is 2.73. The number of hydrogen-bond acceptors (Lipinski definition) is 4. The maximum absolute atomic E-state index is 5.87. The minimum Gasteiger partial charge on any atom is -0.493 e. The summed E-state index contributed by atoms with van der Waals surface area (Å²) in [6, 6.07) is 11.6. The minimum atomic E-state index is 0.683. The van der Waals surface area contributed by atoms with Crippen molar-refractivity contribution in [3.8, 4) is 11.5 Å².